The first-order valence-electron chi connectivity index (χ1n) is 7.20. The second-order valence-corrected chi connectivity index (χ2v) is 4.82. The first-order valence-corrected chi connectivity index (χ1v) is 7.20. The Morgan fingerprint density at radius 1 is 1.29 bits per heavy atom. The summed E-state index contributed by atoms with van der Waals surface area (Å²) in [4.78, 5) is 25.8. The molecule has 0 radical (unpaired) electrons. The van der Waals surface area contributed by atoms with Gasteiger partial charge in [-0.3, -0.25) is 9.59 Å². The maximum Gasteiger partial charge on any atom is 0.242 e. The Hall–Kier alpha value is -1.88. The van der Waals surface area contributed by atoms with Gasteiger partial charge in [-0.15, -0.1) is 0 Å². The van der Waals surface area contributed by atoms with E-state index in [1.165, 1.54) is 0 Å². The molecule has 0 aliphatic carbocycles. The van der Waals surface area contributed by atoms with Crippen LogP contribution in [0.1, 0.15) is 25.8 Å². The number of rotatable bonds is 8. The highest BCUT2D eigenvalue weighted by Crippen LogP contribution is 2.10. The first kappa shape index (κ1) is 17.2. The summed E-state index contributed by atoms with van der Waals surface area (Å²) in [5.41, 5.74) is 1.01. The third kappa shape index (κ3) is 5.55. The molecule has 21 heavy (non-hydrogen) atoms. The molecule has 1 N–H and O–H groups in total. The second kappa shape index (κ2) is 9.13. The lowest BCUT2D eigenvalue weighted by molar-refractivity contribution is -0.140. The predicted octanol–water partition coefficient (Wildman–Crippen LogP) is 1.58. The Balaban J connectivity index is 2.72. The van der Waals surface area contributed by atoms with E-state index in [1.807, 2.05) is 30.3 Å². The lowest BCUT2D eigenvalue weighted by Gasteiger charge is -2.28. The Morgan fingerprint density at radius 3 is 2.52 bits per heavy atom. The van der Waals surface area contributed by atoms with E-state index in [9.17, 15) is 9.59 Å². The number of hydrogen-bond acceptors (Lipinski definition) is 3. The minimum absolute atomic E-state index is 0.0340. The molecule has 0 aromatic heterocycles. The minimum atomic E-state index is -0.505. The lowest BCUT2D eigenvalue weighted by atomic mass is 10.1. The fourth-order valence-corrected chi connectivity index (χ4v) is 1.99. The number of nitrogens with zero attached hydrogens (tertiary/aromatic N) is 1. The van der Waals surface area contributed by atoms with Crippen LogP contribution in [0, 0.1) is 0 Å². The van der Waals surface area contributed by atoms with E-state index in [-0.39, 0.29) is 11.8 Å². The van der Waals surface area contributed by atoms with E-state index in [0.29, 0.717) is 26.1 Å². The summed E-state index contributed by atoms with van der Waals surface area (Å²) >= 11 is 0. The zero-order chi connectivity index (χ0) is 15.7. The summed E-state index contributed by atoms with van der Waals surface area (Å²) in [6.45, 7) is 4.89. The standard InChI is InChI=1S/C16H24N2O3/c1-4-15(19)18(12-14-8-6-5-7-9-14)13(2)16(20)17-10-11-21-3/h5-9,13H,4,10-12H2,1-3H3,(H,17,20)/t13-/m1/s1. The van der Waals surface area contributed by atoms with Gasteiger partial charge in [-0.1, -0.05) is 37.3 Å². The van der Waals surface area contributed by atoms with Crippen LogP contribution in [0.15, 0.2) is 30.3 Å². The van der Waals surface area contributed by atoms with E-state index in [0.717, 1.165) is 5.56 Å². The molecule has 1 atom stereocenters. The van der Waals surface area contributed by atoms with E-state index in [1.54, 1.807) is 25.9 Å². The van der Waals surface area contributed by atoms with Gasteiger partial charge in [0.25, 0.3) is 0 Å². The van der Waals surface area contributed by atoms with Crippen LogP contribution in [0.3, 0.4) is 0 Å². The molecule has 5 nitrogen and oxygen atoms in total. The van der Waals surface area contributed by atoms with Crippen LogP contribution in [0.5, 0.6) is 0 Å². The van der Waals surface area contributed by atoms with Gasteiger partial charge in [0.2, 0.25) is 11.8 Å². The Kier molecular flexibility index (Phi) is 7.46. The number of carbonyl (C=O) groups is 2. The fourth-order valence-electron chi connectivity index (χ4n) is 1.99. The van der Waals surface area contributed by atoms with Crippen molar-refractivity contribution >= 4 is 11.8 Å². The monoisotopic (exact) mass is 292 g/mol. The smallest absolute Gasteiger partial charge is 0.242 e. The van der Waals surface area contributed by atoms with Crippen molar-refractivity contribution in [3.05, 3.63) is 35.9 Å². The fraction of sp³-hybridized carbons (Fsp3) is 0.500. The molecule has 1 rings (SSSR count). The van der Waals surface area contributed by atoms with Gasteiger partial charge >= 0.3 is 0 Å². The quantitative estimate of drug-likeness (QED) is 0.740. The first-order chi connectivity index (χ1) is 10.1. The number of ether oxygens (including phenoxy) is 1. The largest absolute Gasteiger partial charge is 0.383 e. The molecule has 0 saturated heterocycles. The summed E-state index contributed by atoms with van der Waals surface area (Å²) in [5, 5.41) is 2.77. The van der Waals surface area contributed by atoms with E-state index < -0.39 is 6.04 Å². The van der Waals surface area contributed by atoms with E-state index in [2.05, 4.69) is 5.32 Å². The molecule has 0 unspecified atom stereocenters. The van der Waals surface area contributed by atoms with Gasteiger partial charge in [0.15, 0.2) is 0 Å². The number of carbonyl (C=O) groups excluding carboxylic acids is 2. The van der Waals surface area contributed by atoms with Crippen molar-refractivity contribution in [1.29, 1.82) is 0 Å². The Bertz CT molecular complexity index is 448. The van der Waals surface area contributed by atoms with Gasteiger partial charge in [0, 0.05) is 26.6 Å². The second-order valence-electron chi connectivity index (χ2n) is 4.82. The van der Waals surface area contributed by atoms with Crippen LogP contribution in [0.4, 0.5) is 0 Å². The molecule has 2 amide bonds. The maximum absolute atomic E-state index is 12.1. The van der Waals surface area contributed by atoms with Crippen LogP contribution in [0.2, 0.25) is 0 Å². The minimum Gasteiger partial charge on any atom is -0.383 e. The molecular weight excluding hydrogens is 268 g/mol. The average molecular weight is 292 g/mol. The van der Waals surface area contributed by atoms with Crippen molar-refractivity contribution in [2.45, 2.75) is 32.9 Å². The molecule has 0 bridgehead atoms. The van der Waals surface area contributed by atoms with Crippen LogP contribution in [-0.4, -0.2) is 43.0 Å². The molecule has 0 heterocycles. The molecular formula is C16H24N2O3. The van der Waals surface area contributed by atoms with Crippen molar-refractivity contribution in [3.8, 4) is 0 Å². The predicted molar refractivity (Wildman–Crippen MR) is 81.6 cm³/mol. The number of hydrogen-bond donors (Lipinski definition) is 1. The van der Waals surface area contributed by atoms with Gasteiger partial charge < -0.3 is 15.0 Å². The molecule has 0 saturated carbocycles. The highest BCUT2D eigenvalue weighted by molar-refractivity contribution is 5.87. The molecule has 0 spiro atoms. The van der Waals surface area contributed by atoms with Crippen molar-refractivity contribution in [1.82, 2.24) is 10.2 Å². The molecule has 0 aliphatic heterocycles. The SMILES string of the molecule is CCC(=O)N(Cc1ccccc1)[C@H](C)C(=O)NCCOC. The lowest BCUT2D eigenvalue weighted by Crippen LogP contribution is -2.48. The van der Waals surface area contributed by atoms with Crippen molar-refractivity contribution < 1.29 is 14.3 Å². The zero-order valence-electron chi connectivity index (χ0n) is 13.0. The molecule has 1 aromatic rings. The van der Waals surface area contributed by atoms with Crippen LogP contribution in [0.25, 0.3) is 0 Å². The van der Waals surface area contributed by atoms with E-state index in [4.69, 9.17) is 4.74 Å². The summed E-state index contributed by atoms with van der Waals surface area (Å²) in [6.07, 6.45) is 0.378. The van der Waals surface area contributed by atoms with Crippen LogP contribution in [-0.2, 0) is 20.9 Å². The third-order valence-corrected chi connectivity index (χ3v) is 3.27. The van der Waals surface area contributed by atoms with Gasteiger partial charge in [-0.2, -0.15) is 0 Å². The highest BCUT2D eigenvalue weighted by atomic mass is 16.5. The molecule has 0 aliphatic rings. The van der Waals surface area contributed by atoms with Gasteiger partial charge in [0.1, 0.15) is 6.04 Å². The summed E-state index contributed by atoms with van der Waals surface area (Å²) in [5.74, 6) is -0.196. The third-order valence-electron chi connectivity index (χ3n) is 3.27. The molecule has 116 valence electrons. The highest BCUT2D eigenvalue weighted by Gasteiger charge is 2.24. The Labute approximate surface area is 126 Å². The molecule has 0 fully saturated rings. The van der Waals surface area contributed by atoms with Crippen LogP contribution >= 0.6 is 0 Å². The van der Waals surface area contributed by atoms with Gasteiger partial charge in [0.05, 0.1) is 6.61 Å². The van der Waals surface area contributed by atoms with Gasteiger partial charge in [-0.05, 0) is 12.5 Å². The number of nitrogens with one attached hydrogen (secondary N) is 1. The van der Waals surface area contributed by atoms with E-state index >= 15 is 0 Å². The normalized spacial score (nSPS) is 11.8. The van der Waals surface area contributed by atoms with Crippen molar-refractivity contribution in [2.75, 3.05) is 20.3 Å². The number of amides is 2. The summed E-state index contributed by atoms with van der Waals surface area (Å²) in [7, 11) is 1.58. The van der Waals surface area contributed by atoms with Crippen molar-refractivity contribution in [3.63, 3.8) is 0 Å². The molecule has 5 heteroatoms. The number of benzene rings is 1. The Morgan fingerprint density at radius 2 is 1.95 bits per heavy atom. The maximum atomic E-state index is 12.1. The summed E-state index contributed by atoms with van der Waals surface area (Å²) in [6, 6.07) is 9.17. The zero-order valence-corrected chi connectivity index (χ0v) is 13.0. The van der Waals surface area contributed by atoms with Crippen molar-refractivity contribution in [2.24, 2.45) is 0 Å². The summed E-state index contributed by atoms with van der Waals surface area (Å²) < 4.78 is 4.90. The topological polar surface area (TPSA) is 58.6 Å². The number of methoxy groups -OCH3 is 1. The molecule has 1 aromatic carbocycles. The van der Waals surface area contributed by atoms with Crippen LogP contribution < -0.4 is 5.32 Å². The average Bonchev–Trinajstić information content (AvgIpc) is 2.52. The van der Waals surface area contributed by atoms with Gasteiger partial charge in [-0.25, -0.2) is 0 Å².